The highest BCUT2D eigenvalue weighted by atomic mass is 16.5. The Balaban J connectivity index is 1.63. The van der Waals surface area contributed by atoms with Gasteiger partial charge in [-0.15, -0.1) is 0 Å². The first-order chi connectivity index (χ1) is 13.0. The predicted molar refractivity (Wildman–Crippen MR) is 104 cm³/mol. The fraction of sp³-hybridized carbons (Fsp3) is 0.421. The Morgan fingerprint density at radius 3 is 2.48 bits per heavy atom. The molecule has 1 aliphatic rings. The summed E-state index contributed by atoms with van der Waals surface area (Å²) < 4.78 is 10.3. The fourth-order valence-electron chi connectivity index (χ4n) is 2.97. The second-order valence-electron chi connectivity index (χ2n) is 6.41. The molecule has 144 valence electrons. The Kier molecular flexibility index (Phi) is 5.63. The van der Waals surface area contributed by atoms with Crippen LogP contribution >= 0.6 is 0 Å². The predicted octanol–water partition coefficient (Wildman–Crippen LogP) is 2.46. The molecular formula is C19H25N5O3. The molecule has 27 heavy (non-hydrogen) atoms. The first-order valence-corrected chi connectivity index (χ1v) is 8.86. The lowest BCUT2D eigenvalue weighted by atomic mass is 10.1. The van der Waals surface area contributed by atoms with Crippen LogP contribution in [0.15, 0.2) is 24.3 Å². The van der Waals surface area contributed by atoms with E-state index in [9.17, 15) is 4.79 Å². The number of carbonyl (C=O) groups is 1. The molecule has 0 atom stereocenters. The maximum Gasteiger partial charge on any atom is 0.321 e. The van der Waals surface area contributed by atoms with Gasteiger partial charge in [-0.05, 0) is 31.0 Å². The van der Waals surface area contributed by atoms with Crippen molar-refractivity contribution in [2.75, 3.05) is 50.6 Å². The van der Waals surface area contributed by atoms with Gasteiger partial charge < -0.3 is 24.6 Å². The van der Waals surface area contributed by atoms with E-state index in [1.807, 2.05) is 36.9 Å². The number of hydrogen-bond acceptors (Lipinski definition) is 6. The second-order valence-corrected chi connectivity index (χ2v) is 6.41. The lowest BCUT2D eigenvalue weighted by Crippen LogP contribution is -2.50. The third-order valence-corrected chi connectivity index (χ3v) is 4.80. The molecule has 1 N–H and O–H groups in total. The van der Waals surface area contributed by atoms with Gasteiger partial charge in [0.05, 0.1) is 14.2 Å². The number of nitrogens with one attached hydrogen (secondary N) is 1. The average Bonchev–Trinajstić information content (AvgIpc) is 2.71. The van der Waals surface area contributed by atoms with Gasteiger partial charge in [0.2, 0.25) is 5.88 Å². The van der Waals surface area contributed by atoms with Crippen molar-refractivity contribution in [2.45, 2.75) is 13.8 Å². The molecule has 0 spiro atoms. The molecule has 1 aliphatic heterocycles. The fourth-order valence-corrected chi connectivity index (χ4v) is 2.97. The summed E-state index contributed by atoms with van der Waals surface area (Å²) in [4.78, 5) is 25.0. The van der Waals surface area contributed by atoms with E-state index in [2.05, 4.69) is 20.2 Å². The van der Waals surface area contributed by atoms with Crippen LogP contribution in [0.25, 0.3) is 0 Å². The van der Waals surface area contributed by atoms with Crippen LogP contribution in [0.4, 0.5) is 16.3 Å². The highest BCUT2D eigenvalue weighted by Gasteiger charge is 2.23. The van der Waals surface area contributed by atoms with Crippen molar-refractivity contribution in [3.05, 3.63) is 35.4 Å². The molecule has 8 heteroatoms. The zero-order valence-corrected chi connectivity index (χ0v) is 16.2. The van der Waals surface area contributed by atoms with Crippen molar-refractivity contribution >= 4 is 17.5 Å². The highest BCUT2D eigenvalue weighted by molar-refractivity contribution is 5.90. The largest absolute Gasteiger partial charge is 0.481 e. The van der Waals surface area contributed by atoms with Gasteiger partial charge >= 0.3 is 12.0 Å². The third kappa shape index (κ3) is 4.21. The molecule has 0 aliphatic carbocycles. The number of ether oxygens (including phenoxy) is 2. The summed E-state index contributed by atoms with van der Waals surface area (Å²) in [5, 5.41) is 3.01. The van der Waals surface area contributed by atoms with Crippen LogP contribution in [0.2, 0.25) is 0 Å². The molecule has 0 bridgehead atoms. The van der Waals surface area contributed by atoms with Crippen LogP contribution in [0, 0.1) is 13.8 Å². The van der Waals surface area contributed by atoms with Gasteiger partial charge in [0.25, 0.3) is 0 Å². The van der Waals surface area contributed by atoms with E-state index in [1.54, 1.807) is 13.2 Å². The molecule has 1 aromatic heterocycles. The standard InChI is InChI=1S/C19H25N5O3/c1-13-6-5-7-15(14(13)2)20-19(25)24-10-8-23(9-11-24)16-12-17(26-3)22-18(21-16)27-4/h5-7,12H,8-11H2,1-4H3,(H,20,25). The first kappa shape index (κ1) is 18.8. The second kappa shape index (κ2) is 8.11. The van der Waals surface area contributed by atoms with Crippen LogP contribution in [0.5, 0.6) is 11.9 Å². The Morgan fingerprint density at radius 1 is 1.07 bits per heavy atom. The number of anilines is 2. The summed E-state index contributed by atoms with van der Waals surface area (Å²) in [5.41, 5.74) is 3.10. The zero-order valence-electron chi connectivity index (χ0n) is 16.2. The number of benzene rings is 1. The molecule has 1 fully saturated rings. The first-order valence-electron chi connectivity index (χ1n) is 8.86. The van der Waals surface area contributed by atoms with Crippen molar-refractivity contribution in [1.82, 2.24) is 14.9 Å². The number of urea groups is 1. The molecule has 0 unspecified atom stereocenters. The molecule has 0 radical (unpaired) electrons. The molecule has 1 saturated heterocycles. The summed E-state index contributed by atoms with van der Waals surface area (Å²) in [6.45, 7) is 6.59. The molecule has 0 saturated carbocycles. The minimum absolute atomic E-state index is 0.0822. The van der Waals surface area contributed by atoms with Crippen molar-refractivity contribution < 1.29 is 14.3 Å². The summed E-state index contributed by atoms with van der Waals surface area (Å²) >= 11 is 0. The number of aryl methyl sites for hydroxylation is 1. The molecule has 2 aromatic rings. The van der Waals surface area contributed by atoms with E-state index < -0.39 is 0 Å². The summed E-state index contributed by atoms with van der Waals surface area (Å²) in [6, 6.07) is 7.87. The Bertz CT molecular complexity index is 797. The maximum absolute atomic E-state index is 12.6. The highest BCUT2D eigenvalue weighted by Crippen LogP contribution is 2.22. The van der Waals surface area contributed by atoms with Gasteiger partial charge in [-0.25, -0.2) is 4.79 Å². The Morgan fingerprint density at radius 2 is 1.81 bits per heavy atom. The molecular weight excluding hydrogens is 346 g/mol. The van der Waals surface area contributed by atoms with Crippen molar-refractivity contribution in [3.8, 4) is 11.9 Å². The quantitative estimate of drug-likeness (QED) is 0.889. The molecule has 2 amide bonds. The number of rotatable bonds is 4. The zero-order chi connectivity index (χ0) is 19.4. The molecule has 1 aromatic carbocycles. The number of piperazine rings is 1. The lowest BCUT2D eigenvalue weighted by molar-refractivity contribution is 0.208. The van der Waals surface area contributed by atoms with Crippen LogP contribution in [-0.2, 0) is 0 Å². The van der Waals surface area contributed by atoms with E-state index in [4.69, 9.17) is 9.47 Å². The minimum Gasteiger partial charge on any atom is -0.481 e. The van der Waals surface area contributed by atoms with Gasteiger partial charge in [-0.2, -0.15) is 9.97 Å². The molecule has 8 nitrogen and oxygen atoms in total. The monoisotopic (exact) mass is 371 g/mol. The summed E-state index contributed by atoms with van der Waals surface area (Å²) in [6.07, 6.45) is 0. The van der Waals surface area contributed by atoms with Crippen molar-refractivity contribution in [3.63, 3.8) is 0 Å². The Hall–Kier alpha value is -3.03. The van der Waals surface area contributed by atoms with Gasteiger partial charge in [-0.3, -0.25) is 0 Å². The Labute approximate surface area is 159 Å². The maximum atomic E-state index is 12.6. The van der Waals surface area contributed by atoms with Crippen LogP contribution in [0.3, 0.4) is 0 Å². The lowest BCUT2D eigenvalue weighted by Gasteiger charge is -2.35. The number of methoxy groups -OCH3 is 2. The minimum atomic E-state index is -0.0822. The van der Waals surface area contributed by atoms with E-state index >= 15 is 0 Å². The van der Waals surface area contributed by atoms with Crippen LogP contribution in [-0.4, -0.2) is 61.3 Å². The molecule has 2 heterocycles. The number of aromatic nitrogens is 2. The van der Waals surface area contributed by atoms with Crippen molar-refractivity contribution in [1.29, 1.82) is 0 Å². The third-order valence-electron chi connectivity index (χ3n) is 4.80. The van der Waals surface area contributed by atoms with E-state index in [0.717, 1.165) is 22.6 Å². The van der Waals surface area contributed by atoms with Gasteiger partial charge in [0.15, 0.2) is 0 Å². The number of amides is 2. The van der Waals surface area contributed by atoms with E-state index in [-0.39, 0.29) is 12.0 Å². The SMILES string of the molecule is COc1cc(N2CCN(C(=O)Nc3cccc(C)c3C)CC2)nc(OC)n1. The van der Waals surface area contributed by atoms with Gasteiger partial charge in [-0.1, -0.05) is 12.1 Å². The average molecular weight is 371 g/mol. The van der Waals surface area contributed by atoms with Gasteiger partial charge in [0.1, 0.15) is 5.82 Å². The van der Waals surface area contributed by atoms with E-state index in [1.165, 1.54) is 7.11 Å². The topological polar surface area (TPSA) is 79.8 Å². The number of carbonyl (C=O) groups excluding carboxylic acids is 1. The van der Waals surface area contributed by atoms with Gasteiger partial charge in [0, 0.05) is 37.9 Å². The number of hydrogen-bond donors (Lipinski definition) is 1. The summed E-state index contributed by atoms with van der Waals surface area (Å²) in [7, 11) is 3.08. The van der Waals surface area contributed by atoms with E-state index in [0.29, 0.717) is 32.1 Å². The smallest absolute Gasteiger partial charge is 0.321 e. The summed E-state index contributed by atoms with van der Waals surface area (Å²) in [5.74, 6) is 1.18. The van der Waals surface area contributed by atoms with Crippen molar-refractivity contribution in [2.24, 2.45) is 0 Å². The van der Waals surface area contributed by atoms with Crippen LogP contribution < -0.4 is 19.7 Å². The van der Waals surface area contributed by atoms with Crippen LogP contribution in [0.1, 0.15) is 11.1 Å². The number of nitrogens with zero attached hydrogens (tertiary/aromatic N) is 4. The molecule has 3 rings (SSSR count). The normalized spacial score (nSPS) is 14.1.